The summed E-state index contributed by atoms with van der Waals surface area (Å²) >= 11 is 0. The molecule has 25 heavy (non-hydrogen) atoms. The van der Waals surface area contributed by atoms with Crippen LogP contribution in [0.15, 0.2) is 47.4 Å². The van der Waals surface area contributed by atoms with Crippen molar-refractivity contribution in [3.63, 3.8) is 0 Å². The predicted molar refractivity (Wildman–Crippen MR) is 101 cm³/mol. The zero-order valence-corrected chi connectivity index (χ0v) is 14.5. The second-order valence-corrected chi connectivity index (χ2v) is 7.07. The average Bonchev–Trinajstić information content (AvgIpc) is 3.06. The average molecular weight is 328 g/mol. The van der Waals surface area contributed by atoms with Crippen molar-refractivity contribution in [1.82, 2.24) is 9.97 Å². The van der Waals surface area contributed by atoms with Gasteiger partial charge in [-0.1, -0.05) is 24.1 Å². The number of hydrogen-bond acceptors (Lipinski definition) is 2. The van der Waals surface area contributed by atoms with Gasteiger partial charge in [0.1, 0.15) is 0 Å². The highest BCUT2D eigenvalue weighted by Gasteiger charge is 2.40. The summed E-state index contributed by atoms with van der Waals surface area (Å²) in [5, 5.41) is 1.02. The minimum atomic E-state index is -0.463. The van der Waals surface area contributed by atoms with Crippen LogP contribution in [0.5, 0.6) is 0 Å². The van der Waals surface area contributed by atoms with Crippen LogP contribution in [0, 0.1) is 19.3 Å². The SMILES string of the molecule is C#C[C@@](C)(c1ccc2cc(C)c(=O)[nH]c2c1)C1CCc2cccnc21. The fraction of sp³-hybridized carbons (Fsp3) is 0.273. The van der Waals surface area contributed by atoms with E-state index in [9.17, 15) is 4.79 Å². The van der Waals surface area contributed by atoms with Crippen molar-refractivity contribution in [2.45, 2.75) is 38.0 Å². The second kappa shape index (κ2) is 5.60. The Balaban J connectivity index is 1.86. The lowest BCUT2D eigenvalue weighted by Crippen LogP contribution is -2.28. The summed E-state index contributed by atoms with van der Waals surface area (Å²) in [7, 11) is 0. The summed E-state index contributed by atoms with van der Waals surface area (Å²) < 4.78 is 0. The molecule has 124 valence electrons. The van der Waals surface area contributed by atoms with Gasteiger partial charge in [0, 0.05) is 28.9 Å². The zero-order chi connectivity index (χ0) is 17.6. The summed E-state index contributed by atoms with van der Waals surface area (Å²) in [5.41, 5.74) is 4.47. The van der Waals surface area contributed by atoms with E-state index in [0.717, 1.165) is 35.0 Å². The smallest absolute Gasteiger partial charge is 0.251 e. The van der Waals surface area contributed by atoms with Crippen molar-refractivity contribution in [1.29, 1.82) is 0 Å². The van der Waals surface area contributed by atoms with E-state index in [-0.39, 0.29) is 11.5 Å². The first-order chi connectivity index (χ1) is 12.0. The maximum Gasteiger partial charge on any atom is 0.251 e. The van der Waals surface area contributed by atoms with E-state index < -0.39 is 5.41 Å². The van der Waals surface area contributed by atoms with Gasteiger partial charge in [0.05, 0.1) is 5.41 Å². The van der Waals surface area contributed by atoms with Crippen LogP contribution in [-0.4, -0.2) is 9.97 Å². The Bertz CT molecular complexity index is 1070. The van der Waals surface area contributed by atoms with E-state index in [4.69, 9.17) is 6.42 Å². The lowest BCUT2D eigenvalue weighted by atomic mass is 9.71. The monoisotopic (exact) mass is 328 g/mol. The van der Waals surface area contributed by atoms with Gasteiger partial charge in [-0.3, -0.25) is 9.78 Å². The Hall–Kier alpha value is -2.86. The van der Waals surface area contributed by atoms with Crippen molar-refractivity contribution in [2.75, 3.05) is 0 Å². The topological polar surface area (TPSA) is 45.8 Å². The number of nitrogens with one attached hydrogen (secondary N) is 1. The van der Waals surface area contributed by atoms with E-state index in [2.05, 4.69) is 34.9 Å². The molecule has 3 heteroatoms. The molecule has 3 nitrogen and oxygen atoms in total. The molecular weight excluding hydrogens is 308 g/mol. The van der Waals surface area contributed by atoms with Crippen molar-refractivity contribution in [2.24, 2.45) is 0 Å². The fourth-order valence-electron chi connectivity index (χ4n) is 3.99. The number of aromatic amines is 1. The third-order valence-electron chi connectivity index (χ3n) is 5.59. The summed E-state index contributed by atoms with van der Waals surface area (Å²) in [4.78, 5) is 19.6. The molecule has 0 saturated carbocycles. The molecule has 0 saturated heterocycles. The quantitative estimate of drug-likeness (QED) is 0.726. The third-order valence-corrected chi connectivity index (χ3v) is 5.59. The summed E-state index contributed by atoms with van der Waals surface area (Å²) in [6.45, 7) is 3.92. The first kappa shape index (κ1) is 15.7. The van der Waals surface area contributed by atoms with Crippen LogP contribution in [0.1, 0.15) is 41.6 Å². The summed E-state index contributed by atoms with van der Waals surface area (Å²) in [5.74, 6) is 3.22. The van der Waals surface area contributed by atoms with E-state index in [1.54, 1.807) is 0 Å². The van der Waals surface area contributed by atoms with Crippen LogP contribution >= 0.6 is 0 Å². The summed E-state index contributed by atoms with van der Waals surface area (Å²) in [6.07, 6.45) is 9.87. The lowest BCUT2D eigenvalue weighted by Gasteiger charge is -2.31. The van der Waals surface area contributed by atoms with E-state index >= 15 is 0 Å². The minimum Gasteiger partial charge on any atom is -0.322 e. The van der Waals surface area contributed by atoms with Crippen molar-refractivity contribution >= 4 is 10.9 Å². The van der Waals surface area contributed by atoms with Gasteiger partial charge in [-0.15, -0.1) is 6.42 Å². The van der Waals surface area contributed by atoms with Gasteiger partial charge in [0.25, 0.3) is 5.56 Å². The first-order valence-electron chi connectivity index (χ1n) is 8.58. The molecule has 1 aromatic carbocycles. The normalized spacial score (nSPS) is 18.5. The van der Waals surface area contributed by atoms with Crippen LogP contribution in [0.25, 0.3) is 10.9 Å². The number of H-pyrrole nitrogens is 1. The Morgan fingerprint density at radius 1 is 1.32 bits per heavy atom. The minimum absolute atomic E-state index is 0.0556. The number of fused-ring (bicyclic) bond motifs is 2. The maximum atomic E-state index is 12.0. The number of terminal acetylenes is 1. The molecule has 1 N–H and O–H groups in total. The van der Waals surface area contributed by atoms with Crippen molar-refractivity contribution in [3.8, 4) is 12.3 Å². The highest BCUT2D eigenvalue weighted by molar-refractivity contribution is 5.80. The first-order valence-corrected chi connectivity index (χ1v) is 8.58. The number of aromatic nitrogens is 2. The number of benzene rings is 1. The molecule has 4 rings (SSSR count). The number of hydrogen-bond donors (Lipinski definition) is 1. The second-order valence-electron chi connectivity index (χ2n) is 7.07. The molecule has 0 amide bonds. The van der Waals surface area contributed by atoms with Gasteiger partial charge in [-0.2, -0.15) is 0 Å². The Labute approximate surface area is 147 Å². The highest BCUT2D eigenvalue weighted by Crippen LogP contribution is 2.46. The Morgan fingerprint density at radius 2 is 2.16 bits per heavy atom. The van der Waals surface area contributed by atoms with E-state index in [1.165, 1.54) is 5.56 Å². The molecule has 0 aliphatic heterocycles. The maximum absolute atomic E-state index is 12.0. The molecule has 2 aromatic heterocycles. The molecule has 1 unspecified atom stereocenters. The number of pyridine rings is 2. The molecule has 0 radical (unpaired) electrons. The molecular formula is C22H20N2O. The van der Waals surface area contributed by atoms with Gasteiger partial charge in [0.15, 0.2) is 0 Å². The van der Waals surface area contributed by atoms with Crippen LogP contribution < -0.4 is 5.56 Å². The lowest BCUT2D eigenvalue weighted by molar-refractivity contribution is 0.467. The molecule has 3 aromatic rings. The molecule has 2 atom stereocenters. The van der Waals surface area contributed by atoms with Crippen LogP contribution in [0.2, 0.25) is 0 Å². The van der Waals surface area contributed by atoms with Crippen LogP contribution in [0.3, 0.4) is 0 Å². The Morgan fingerprint density at radius 3 is 2.96 bits per heavy atom. The number of nitrogens with zero attached hydrogens (tertiary/aromatic N) is 1. The summed E-state index contributed by atoms with van der Waals surface area (Å²) in [6, 6.07) is 12.2. The number of rotatable bonds is 2. The van der Waals surface area contributed by atoms with E-state index in [0.29, 0.717) is 5.56 Å². The van der Waals surface area contributed by atoms with Gasteiger partial charge in [0.2, 0.25) is 0 Å². The molecule has 1 aliphatic carbocycles. The van der Waals surface area contributed by atoms with Crippen LogP contribution in [-0.2, 0) is 11.8 Å². The zero-order valence-electron chi connectivity index (χ0n) is 14.5. The van der Waals surface area contributed by atoms with Gasteiger partial charge >= 0.3 is 0 Å². The Kier molecular flexibility index (Phi) is 3.51. The molecule has 1 aliphatic rings. The van der Waals surface area contributed by atoms with Gasteiger partial charge in [-0.25, -0.2) is 0 Å². The molecule has 0 spiro atoms. The van der Waals surface area contributed by atoms with Crippen molar-refractivity contribution < 1.29 is 0 Å². The van der Waals surface area contributed by atoms with Gasteiger partial charge in [-0.05, 0) is 61.4 Å². The van der Waals surface area contributed by atoms with Crippen molar-refractivity contribution in [3.05, 3.63) is 75.3 Å². The third kappa shape index (κ3) is 2.37. The van der Waals surface area contributed by atoms with Crippen LogP contribution in [0.4, 0.5) is 0 Å². The standard InChI is InChI=1S/C22H20N2O/c1-4-22(3,18-10-8-15-6-5-11-23-20(15)18)17-9-7-16-12-14(2)21(25)24-19(16)13-17/h1,5-7,9,11-13,18H,8,10H2,2-3H3,(H,24,25)/t18?,22-/m0/s1. The highest BCUT2D eigenvalue weighted by atomic mass is 16.1. The number of aryl methyl sites for hydroxylation is 2. The van der Waals surface area contributed by atoms with Gasteiger partial charge < -0.3 is 4.98 Å². The molecule has 0 bridgehead atoms. The largest absolute Gasteiger partial charge is 0.322 e. The predicted octanol–water partition coefficient (Wildman–Crippen LogP) is 3.85. The molecule has 0 fully saturated rings. The van der Waals surface area contributed by atoms with E-state index in [1.807, 2.05) is 37.4 Å². The molecule has 2 heterocycles. The fourth-order valence-corrected chi connectivity index (χ4v) is 3.99.